The lowest BCUT2D eigenvalue weighted by atomic mass is 9.91. The first-order chi connectivity index (χ1) is 19.8. The Bertz CT molecular complexity index is 1410. The number of anilines is 1. The van der Waals surface area contributed by atoms with Crippen LogP contribution in [-0.2, 0) is 9.59 Å². The van der Waals surface area contributed by atoms with Gasteiger partial charge in [-0.3, -0.25) is 9.59 Å². The molecule has 0 bridgehead atoms. The maximum atomic E-state index is 14.9. The molecule has 0 spiro atoms. The van der Waals surface area contributed by atoms with Gasteiger partial charge in [-0.1, -0.05) is 55.5 Å². The first kappa shape index (κ1) is 28.3. The van der Waals surface area contributed by atoms with Crippen molar-refractivity contribution in [3.05, 3.63) is 95.3 Å². The molecule has 41 heavy (non-hydrogen) atoms. The number of aliphatic hydroxyl groups is 2. The number of urea groups is 1. The molecule has 4 N–H and O–H groups in total. The summed E-state index contributed by atoms with van der Waals surface area (Å²) in [5.41, 5.74) is 2.06. The molecule has 0 radical (unpaired) electrons. The van der Waals surface area contributed by atoms with Crippen LogP contribution in [0.25, 0.3) is 0 Å². The van der Waals surface area contributed by atoms with Gasteiger partial charge in [0.2, 0.25) is 5.91 Å². The summed E-state index contributed by atoms with van der Waals surface area (Å²) >= 11 is 0. The van der Waals surface area contributed by atoms with E-state index in [9.17, 15) is 23.9 Å². The Morgan fingerprint density at radius 2 is 1.76 bits per heavy atom. The molecule has 2 aliphatic rings. The number of carbonyl (C=O) groups is 3. The van der Waals surface area contributed by atoms with Crippen molar-refractivity contribution in [2.24, 2.45) is 0 Å². The summed E-state index contributed by atoms with van der Waals surface area (Å²) in [7, 11) is 0. The van der Waals surface area contributed by atoms with Crippen LogP contribution < -0.4 is 15.4 Å². The van der Waals surface area contributed by atoms with Crippen molar-refractivity contribution in [2.45, 2.75) is 49.8 Å². The Hall–Kier alpha value is -4.28. The molecule has 2 fully saturated rings. The number of ether oxygens (including phenoxy) is 1. The highest BCUT2D eigenvalue weighted by atomic mass is 19.1. The first-order valence-electron chi connectivity index (χ1n) is 13.6. The van der Waals surface area contributed by atoms with Gasteiger partial charge < -0.3 is 25.6 Å². The number of imide groups is 1. The Balaban J connectivity index is 1.39. The van der Waals surface area contributed by atoms with Crippen LogP contribution in [0.3, 0.4) is 0 Å². The zero-order valence-corrected chi connectivity index (χ0v) is 22.5. The van der Waals surface area contributed by atoms with Crippen molar-refractivity contribution in [1.29, 1.82) is 0 Å². The fourth-order valence-corrected chi connectivity index (χ4v) is 5.00. The number of hydrogen-bond donors (Lipinski definition) is 4. The molecule has 1 aliphatic heterocycles. The fraction of sp³-hybridized carbons (Fsp3) is 0.323. The van der Waals surface area contributed by atoms with Crippen LogP contribution in [-0.4, -0.2) is 58.3 Å². The van der Waals surface area contributed by atoms with Gasteiger partial charge in [0.05, 0.1) is 12.3 Å². The van der Waals surface area contributed by atoms with E-state index in [0.29, 0.717) is 17.2 Å². The smallest absolute Gasteiger partial charge is 0.325 e. The molecular weight excluding hydrogens is 529 g/mol. The maximum Gasteiger partial charge on any atom is 0.325 e. The van der Waals surface area contributed by atoms with Crippen LogP contribution in [0.5, 0.6) is 5.75 Å². The molecule has 5 rings (SSSR count). The van der Waals surface area contributed by atoms with E-state index < -0.39 is 54.4 Å². The lowest BCUT2D eigenvalue weighted by Crippen LogP contribution is -2.50. The average molecular weight is 562 g/mol. The molecule has 10 heteroatoms. The monoisotopic (exact) mass is 561 g/mol. The highest BCUT2D eigenvalue weighted by molar-refractivity contribution is 6.10. The third kappa shape index (κ3) is 6.23. The van der Waals surface area contributed by atoms with Crippen LogP contribution >= 0.6 is 0 Å². The van der Waals surface area contributed by atoms with Gasteiger partial charge in [0.15, 0.2) is 0 Å². The Kier molecular flexibility index (Phi) is 8.32. The lowest BCUT2D eigenvalue weighted by Gasteiger charge is -2.30. The zero-order valence-electron chi connectivity index (χ0n) is 22.5. The van der Waals surface area contributed by atoms with Crippen molar-refractivity contribution in [1.82, 2.24) is 10.2 Å². The van der Waals surface area contributed by atoms with Crippen molar-refractivity contribution in [3.8, 4) is 5.75 Å². The molecule has 1 aliphatic carbocycles. The largest absolute Gasteiger partial charge is 0.491 e. The molecule has 4 atom stereocenters. The fourth-order valence-electron chi connectivity index (χ4n) is 5.00. The second-order valence-electron chi connectivity index (χ2n) is 10.5. The van der Waals surface area contributed by atoms with Gasteiger partial charge in [-0.05, 0) is 59.7 Å². The molecule has 214 valence electrons. The third-order valence-corrected chi connectivity index (χ3v) is 7.48. The number of halogens is 1. The van der Waals surface area contributed by atoms with Crippen molar-refractivity contribution < 1.29 is 33.7 Å². The summed E-state index contributed by atoms with van der Waals surface area (Å²) in [5, 5.41) is 23.7. The number of aliphatic hydroxyl groups excluding tert-OH is 2. The van der Waals surface area contributed by atoms with Gasteiger partial charge in [-0.15, -0.1) is 0 Å². The van der Waals surface area contributed by atoms with Gasteiger partial charge in [-0.25, -0.2) is 14.1 Å². The molecular formula is C31H32FN3O6. The van der Waals surface area contributed by atoms with E-state index in [0.717, 1.165) is 28.9 Å². The summed E-state index contributed by atoms with van der Waals surface area (Å²) in [6.07, 6.45) is 0.994. The van der Waals surface area contributed by atoms with E-state index in [1.807, 2.05) is 6.07 Å². The number of benzene rings is 3. The second kappa shape index (κ2) is 12.1. The van der Waals surface area contributed by atoms with Crippen LogP contribution in [0.1, 0.15) is 54.3 Å². The summed E-state index contributed by atoms with van der Waals surface area (Å²) in [4.78, 5) is 41.6. The molecule has 3 aromatic rings. The van der Waals surface area contributed by atoms with Gasteiger partial charge in [-0.2, -0.15) is 0 Å². The molecule has 1 saturated heterocycles. The number of carbonyl (C=O) groups excluding carboxylic acids is 3. The third-order valence-electron chi connectivity index (χ3n) is 7.48. The summed E-state index contributed by atoms with van der Waals surface area (Å²) in [5.74, 6) is -1.73. The highest BCUT2D eigenvalue weighted by Gasteiger charge is 2.47. The standard InChI is InChI=1S/C31H32FN3O6/c1-18(19-5-3-2-4-6-19)28(29(38)33-26-14-11-22(15-25(26)32)20-7-8-20)35-30(39)27(34-31(35)40)21-9-12-24(13-10-21)41-17-23(37)16-36/h2-6,9-15,18,20,23,27-28,36-37H,7-8,16-17H2,1H3,(H,33,38)(H,34,40)/t18-,23+,27+,28?/m0/s1. The first-order valence-corrected chi connectivity index (χ1v) is 13.6. The minimum Gasteiger partial charge on any atom is -0.491 e. The van der Waals surface area contributed by atoms with Gasteiger partial charge in [0, 0.05) is 5.92 Å². The van der Waals surface area contributed by atoms with Gasteiger partial charge >= 0.3 is 6.03 Å². The topological polar surface area (TPSA) is 128 Å². The van der Waals surface area contributed by atoms with E-state index >= 15 is 0 Å². The van der Waals surface area contributed by atoms with Crippen molar-refractivity contribution in [3.63, 3.8) is 0 Å². The van der Waals surface area contributed by atoms with Crippen molar-refractivity contribution >= 4 is 23.5 Å². The van der Waals surface area contributed by atoms with E-state index in [1.54, 1.807) is 61.5 Å². The number of rotatable bonds is 11. The predicted octanol–water partition coefficient (Wildman–Crippen LogP) is 3.84. The number of amides is 4. The van der Waals surface area contributed by atoms with Gasteiger partial charge in [0.25, 0.3) is 5.91 Å². The van der Waals surface area contributed by atoms with Crippen molar-refractivity contribution in [2.75, 3.05) is 18.5 Å². The SMILES string of the molecule is C[C@@H](c1ccccc1)C(C(=O)Nc1ccc(C2CC2)cc1F)N1C(=O)N[C@H](c2ccc(OC[C@H](O)CO)cc2)C1=O. The molecule has 3 aromatic carbocycles. The normalized spacial score (nSPS) is 18.9. The summed E-state index contributed by atoms with van der Waals surface area (Å²) < 4.78 is 20.4. The predicted molar refractivity (Wildman–Crippen MR) is 149 cm³/mol. The summed E-state index contributed by atoms with van der Waals surface area (Å²) in [6, 6.07) is 17.1. The van der Waals surface area contributed by atoms with Crippen LogP contribution in [0.15, 0.2) is 72.8 Å². The highest BCUT2D eigenvalue weighted by Crippen LogP contribution is 2.41. The Labute approximate surface area is 236 Å². The molecule has 9 nitrogen and oxygen atoms in total. The average Bonchev–Trinajstić information content (AvgIpc) is 3.80. The number of nitrogens with zero attached hydrogens (tertiary/aromatic N) is 1. The minimum atomic E-state index is -1.26. The lowest BCUT2D eigenvalue weighted by molar-refractivity contribution is -0.134. The van der Waals surface area contributed by atoms with Crippen LogP contribution in [0.4, 0.5) is 14.9 Å². The molecule has 0 aromatic heterocycles. The number of hydrogen-bond acceptors (Lipinski definition) is 6. The quantitative estimate of drug-likeness (QED) is 0.264. The molecule has 1 heterocycles. The van der Waals surface area contributed by atoms with Crippen LogP contribution in [0, 0.1) is 5.82 Å². The summed E-state index contributed by atoms with van der Waals surface area (Å²) in [6.45, 7) is 1.19. The zero-order chi connectivity index (χ0) is 29.1. The molecule has 4 amide bonds. The minimum absolute atomic E-state index is 0.0184. The Morgan fingerprint density at radius 1 is 1.07 bits per heavy atom. The van der Waals surface area contributed by atoms with Crippen LogP contribution in [0.2, 0.25) is 0 Å². The molecule has 1 unspecified atom stereocenters. The van der Waals surface area contributed by atoms with E-state index in [4.69, 9.17) is 9.84 Å². The Morgan fingerprint density at radius 3 is 2.39 bits per heavy atom. The molecule has 1 saturated carbocycles. The van der Waals surface area contributed by atoms with E-state index in [2.05, 4.69) is 10.6 Å². The number of nitrogens with one attached hydrogen (secondary N) is 2. The van der Waals surface area contributed by atoms with E-state index in [1.165, 1.54) is 12.1 Å². The second-order valence-corrected chi connectivity index (χ2v) is 10.5. The maximum absolute atomic E-state index is 14.9. The van der Waals surface area contributed by atoms with E-state index in [-0.39, 0.29) is 12.3 Å². The van der Waals surface area contributed by atoms with Gasteiger partial charge in [0.1, 0.15) is 36.4 Å².